The molecule has 5 nitrogen and oxygen atoms in total. The highest BCUT2D eigenvalue weighted by Gasteiger charge is 2.07. The van der Waals surface area contributed by atoms with E-state index in [1.807, 2.05) is 0 Å². The maximum absolute atomic E-state index is 10.1. The highest BCUT2D eigenvalue weighted by Crippen LogP contribution is 1.89. The van der Waals surface area contributed by atoms with Crippen molar-refractivity contribution in [2.24, 2.45) is 10.9 Å². The third-order valence-corrected chi connectivity index (χ3v) is 1.23. The summed E-state index contributed by atoms with van der Waals surface area (Å²) in [4.78, 5) is 0. The Balaban J connectivity index is 3.75. The van der Waals surface area contributed by atoms with Crippen LogP contribution in [0.5, 0.6) is 0 Å². The van der Waals surface area contributed by atoms with Gasteiger partial charge in [-0.3, -0.25) is 4.18 Å². The molecule has 0 amide bonds. The molecule has 0 bridgehead atoms. The van der Waals surface area contributed by atoms with Gasteiger partial charge in [0.1, 0.15) is 0 Å². The Bertz CT molecular complexity index is 164. The van der Waals surface area contributed by atoms with Gasteiger partial charge in [0.15, 0.2) is 0 Å². The van der Waals surface area contributed by atoms with Crippen LogP contribution in [-0.2, 0) is 14.5 Å². The molecule has 1 atom stereocenters. The Morgan fingerprint density at radius 1 is 1.67 bits per heavy atom. The average Bonchev–Trinajstić information content (AvgIpc) is 1.62. The summed E-state index contributed by atoms with van der Waals surface area (Å²) in [7, 11) is -3.82. The number of hydrogen-bond donors (Lipinski definition) is 2. The molecule has 0 saturated carbocycles. The molecule has 0 fully saturated rings. The standard InChI is InChI=1S/C3H10N2O3S/c1-3(2-4)8-9(5,6)7/h3H,2,4H2,1H3,(H2,5,6,7). The van der Waals surface area contributed by atoms with Crippen LogP contribution in [0.25, 0.3) is 0 Å². The molecule has 0 aromatic carbocycles. The SMILES string of the molecule is CC(CN)OS(N)(=O)=O. The highest BCUT2D eigenvalue weighted by molar-refractivity contribution is 7.84. The van der Waals surface area contributed by atoms with Crippen molar-refractivity contribution >= 4 is 10.3 Å². The minimum Gasteiger partial charge on any atom is -0.328 e. The summed E-state index contributed by atoms with van der Waals surface area (Å²) < 4.78 is 24.4. The molecule has 0 aliphatic rings. The van der Waals surface area contributed by atoms with Crippen molar-refractivity contribution in [1.82, 2.24) is 0 Å². The molecule has 0 saturated heterocycles. The second-order valence-corrected chi connectivity index (χ2v) is 2.81. The second-order valence-electron chi connectivity index (χ2n) is 1.64. The summed E-state index contributed by atoms with van der Waals surface area (Å²) in [6, 6.07) is 0. The Kier molecular flexibility index (Phi) is 3.06. The van der Waals surface area contributed by atoms with Gasteiger partial charge in [0.2, 0.25) is 0 Å². The predicted octanol–water partition coefficient (Wildman–Crippen LogP) is -1.45. The van der Waals surface area contributed by atoms with Gasteiger partial charge >= 0.3 is 10.3 Å². The average molecular weight is 154 g/mol. The molecule has 0 aliphatic carbocycles. The monoisotopic (exact) mass is 154 g/mol. The van der Waals surface area contributed by atoms with Crippen LogP contribution in [-0.4, -0.2) is 21.1 Å². The Labute approximate surface area is 54.2 Å². The van der Waals surface area contributed by atoms with Crippen LogP contribution in [0.4, 0.5) is 0 Å². The number of nitrogens with two attached hydrogens (primary N) is 2. The first-order valence-electron chi connectivity index (χ1n) is 2.37. The zero-order valence-corrected chi connectivity index (χ0v) is 5.89. The fourth-order valence-corrected chi connectivity index (χ4v) is 0.805. The molecule has 0 aromatic heterocycles. The van der Waals surface area contributed by atoms with Crippen molar-refractivity contribution in [2.75, 3.05) is 6.54 Å². The van der Waals surface area contributed by atoms with Crippen molar-refractivity contribution < 1.29 is 12.6 Å². The molecule has 1 unspecified atom stereocenters. The van der Waals surface area contributed by atoms with E-state index in [1.54, 1.807) is 0 Å². The normalized spacial score (nSPS) is 15.4. The van der Waals surface area contributed by atoms with E-state index in [9.17, 15) is 8.42 Å². The van der Waals surface area contributed by atoms with E-state index in [2.05, 4.69) is 9.32 Å². The van der Waals surface area contributed by atoms with Crippen LogP contribution in [0.15, 0.2) is 0 Å². The zero-order valence-electron chi connectivity index (χ0n) is 5.07. The van der Waals surface area contributed by atoms with E-state index < -0.39 is 16.4 Å². The van der Waals surface area contributed by atoms with Gasteiger partial charge in [-0.05, 0) is 6.92 Å². The molecule has 9 heavy (non-hydrogen) atoms. The van der Waals surface area contributed by atoms with Crippen LogP contribution in [0, 0.1) is 0 Å². The van der Waals surface area contributed by atoms with Gasteiger partial charge in [-0.15, -0.1) is 0 Å². The molecule has 4 N–H and O–H groups in total. The van der Waals surface area contributed by atoms with Gasteiger partial charge < -0.3 is 5.73 Å². The van der Waals surface area contributed by atoms with Gasteiger partial charge in [0.05, 0.1) is 6.10 Å². The van der Waals surface area contributed by atoms with E-state index in [0.29, 0.717) is 0 Å². The maximum Gasteiger partial charge on any atom is 0.333 e. The van der Waals surface area contributed by atoms with Crippen LogP contribution in [0.3, 0.4) is 0 Å². The minimum absolute atomic E-state index is 0.135. The fourth-order valence-electron chi connectivity index (χ4n) is 0.268. The van der Waals surface area contributed by atoms with Gasteiger partial charge in [0, 0.05) is 6.54 Å². The lowest BCUT2D eigenvalue weighted by molar-refractivity contribution is 0.237. The zero-order chi connectivity index (χ0) is 7.49. The quantitative estimate of drug-likeness (QED) is 0.520. The smallest absolute Gasteiger partial charge is 0.328 e. The van der Waals surface area contributed by atoms with Crippen LogP contribution < -0.4 is 10.9 Å². The van der Waals surface area contributed by atoms with Gasteiger partial charge in [-0.1, -0.05) is 0 Å². The first kappa shape index (κ1) is 8.83. The predicted molar refractivity (Wildman–Crippen MR) is 32.7 cm³/mol. The third kappa shape index (κ3) is 5.71. The van der Waals surface area contributed by atoms with Crippen LogP contribution in [0.1, 0.15) is 6.92 Å². The van der Waals surface area contributed by atoms with Gasteiger partial charge in [-0.25, -0.2) is 5.14 Å². The molecular weight excluding hydrogens is 144 g/mol. The summed E-state index contributed by atoms with van der Waals surface area (Å²) in [5, 5.41) is 4.51. The van der Waals surface area contributed by atoms with Gasteiger partial charge in [0.25, 0.3) is 0 Å². The fraction of sp³-hybridized carbons (Fsp3) is 1.00. The molecule has 56 valence electrons. The van der Waals surface area contributed by atoms with E-state index in [0.717, 1.165) is 0 Å². The van der Waals surface area contributed by atoms with Crippen LogP contribution in [0.2, 0.25) is 0 Å². The van der Waals surface area contributed by atoms with E-state index in [-0.39, 0.29) is 6.54 Å². The topological polar surface area (TPSA) is 95.4 Å². The second kappa shape index (κ2) is 3.11. The Morgan fingerprint density at radius 2 is 2.11 bits per heavy atom. The van der Waals surface area contributed by atoms with E-state index in [1.165, 1.54) is 6.92 Å². The van der Waals surface area contributed by atoms with Gasteiger partial charge in [-0.2, -0.15) is 8.42 Å². The summed E-state index contributed by atoms with van der Waals surface area (Å²) in [6.45, 7) is 1.65. The molecule has 6 heteroatoms. The molecule has 0 aromatic rings. The number of hydrogen-bond acceptors (Lipinski definition) is 4. The van der Waals surface area contributed by atoms with E-state index in [4.69, 9.17) is 5.73 Å². The largest absolute Gasteiger partial charge is 0.333 e. The first-order chi connectivity index (χ1) is 3.95. The van der Waals surface area contributed by atoms with Crippen LogP contribution >= 0.6 is 0 Å². The van der Waals surface area contributed by atoms with Crippen molar-refractivity contribution in [3.8, 4) is 0 Å². The van der Waals surface area contributed by atoms with Crippen molar-refractivity contribution in [3.63, 3.8) is 0 Å². The molecule has 0 radical (unpaired) electrons. The highest BCUT2D eigenvalue weighted by atomic mass is 32.2. The molecule has 0 heterocycles. The summed E-state index contributed by atoms with van der Waals surface area (Å²) in [5.41, 5.74) is 5.03. The summed E-state index contributed by atoms with van der Waals surface area (Å²) in [5.74, 6) is 0. The molecule has 0 spiro atoms. The lowest BCUT2D eigenvalue weighted by Crippen LogP contribution is -2.27. The molecular formula is C3H10N2O3S. The molecule has 0 aliphatic heterocycles. The van der Waals surface area contributed by atoms with Crippen molar-refractivity contribution in [3.05, 3.63) is 0 Å². The Morgan fingerprint density at radius 3 is 2.22 bits per heavy atom. The lowest BCUT2D eigenvalue weighted by Gasteiger charge is -2.05. The summed E-state index contributed by atoms with van der Waals surface area (Å²) >= 11 is 0. The number of rotatable bonds is 3. The first-order valence-corrected chi connectivity index (χ1v) is 3.84. The molecule has 0 rings (SSSR count). The van der Waals surface area contributed by atoms with E-state index >= 15 is 0 Å². The Hall–Kier alpha value is -0.170. The lowest BCUT2D eigenvalue weighted by atomic mass is 10.4. The third-order valence-electron chi connectivity index (χ3n) is 0.630. The van der Waals surface area contributed by atoms with Crippen molar-refractivity contribution in [1.29, 1.82) is 0 Å². The van der Waals surface area contributed by atoms with Crippen molar-refractivity contribution in [2.45, 2.75) is 13.0 Å². The summed E-state index contributed by atoms with van der Waals surface area (Å²) in [6.07, 6.45) is -0.542. The maximum atomic E-state index is 10.1. The minimum atomic E-state index is -3.82.